The molecule has 0 unspecified atom stereocenters. The summed E-state index contributed by atoms with van der Waals surface area (Å²) in [5, 5.41) is 10.5. The number of alkyl carbamates (subject to hydrolysis) is 1. The van der Waals surface area contributed by atoms with E-state index in [0.717, 1.165) is 22.3 Å². The van der Waals surface area contributed by atoms with Crippen LogP contribution < -0.4 is 27.0 Å². The number of benzene rings is 3. The smallest absolute Gasteiger partial charge is 0.407 e. The predicted octanol–water partition coefficient (Wildman–Crippen LogP) is 3.67. The van der Waals surface area contributed by atoms with Crippen LogP contribution in [0, 0.1) is 0 Å². The Labute approximate surface area is 308 Å². The number of carbonyl (C=O) groups excluding carboxylic acids is 6. The maximum Gasteiger partial charge on any atom is 0.407 e. The average molecular weight is 730 g/mol. The van der Waals surface area contributed by atoms with Gasteiger partial charge in [0.15, 0.2) is 0 Å². The van der Waals surface area contributed by atoms with Crippen molar-refractivity contribution < 1.29 is 43.0 Å². The number of hydrogen-bond acceptors (Lipinski definition) is 10. The van der Waals surface area contributed by atoms with Crippen LogP contribution >= 0.6 is 0 Å². The Morgan fingerprint density at radius 1 is 0.774 bits per heavy atom. The minimum Gasteiger partial charge on any atom is -0.465 e. The fourth-order valence-corrected chi connectivity index (χ4v) is 5.72. The number of fused-ring (bicyclic) bond motifs is 3. The first-order chi connectivity index (χ1) is 25.5. The van der Waals surface area contributed by atoms with E-state index >= 15 is 0 Å². The molecule has 0 heterocycles. The van der Waals surface area contributed by atoms with Crippen molar-refractivity contribution in [3.63, 3.8) is 0 Å². The Morgan fingerprint density at radius 2 is 1.43 bits per heavy atom. The van der Waals surface area contributed by atoms with Crippen LogP contribution in [0.2, 0.25) is 0 Å². The molecular formula is C39H47N5O9. The van der Waals surface area contributed by atoms with E-state index in [1.807, 2.05) is 24.3 Å². The van der Waals surface area contributed by atoms with Crippen molar-refractivity contribution in [1.29, 1.82) is 0 Å². The molecule has 4 rings (SSSR count). The number of esters is 2. The SMILES string of the molecule is CCOC(=O)[C@H](N)CCC(=O)OCc1ccc(NC(=O)CNC(=O)[C@H](C)NC(=O)CCCCNC(=O)OCC2c3ccccc3-c3ccccc32)cc1. The predicted molar refractivity (Wildman–Crippen MR) is 196 cm³/mol. The van der Waals surface area contributed by atoms with Gasteiger partial charge < -0.3 is 41.2 Å². The summed E-state index contributed by atoms with van der Waals surface area (Å²) in [7, 11) is 0. The minimum atomic E-state index is -0.894. The maximum atomic E-state index is 12.5. The van der Waals surface area contributed by atoms with E-state index in [1.54, 1.807) is 31.2 Å². The van der Waals surface area contributed by atoms with Crippen LogP contribution in [0.3, 0.4) is 0 Å². The number of carbonyl (C=O) groups is 6. The van der Waals surface area contributed by atoms with Gasteiger partial charge in [-0.25, -0.2) is 4.79 Å². The Kier molecular flexibility index (Phi) is 15.3. The average Bonchev–Trinajstić information content (AvgIpc) is 3.48. The molecule has 282 valence electrons. The number of ether oxygens (including phenoxy) is 3. The standard InChI is InChI=1S/C39H47N5O9/c1-3-51-38(49)33(40)19-20-36(47)52-23-26-15-17-27(18-16-26)44-35(46)22-42-37(48)25(2)43-34(45)14-8-9-21-41-39(50)53-24-32-30-12-6-4-10-28(30)29-11-5-7-13-31(29)32/h4-7,10-13,15-18,25,32-33H,3,8-9,14,19-24,40H2,1-2H3,(H,41,50)(H,42,48)(H,43,45)(H,44,46)/t25-,33+/m0/s1. The van der Waals surface area contributed by atoms with Gasteiger partial charge in [-0.15, -0.1) is 0 Å². The van der Waals surface area contributed by atoms with E-state index in [-0.39, 0.29) is 57.5 Å². The molecule has 1 aliphatic carbocycles. The van der Waals surface area contributed by atoms with Gasteiger partial charge in [0.1, 0.15) is 25.3 Å². The highest BCUT2D eigenvalue weighted by molar-refractivity contribution is 5.96. The molecule has 0 saturated heterocycles. The second-order valence-corrected chi connectivity index (χ2v) is 12.5. The topological polar surface area (TPSA) is 204 Å². The summed E-state index contributed by atoms with van der Waals surface area (Å²) in [4.78, 5) is 73.1. The zero-order chi connectivity index (χ0) is 38.2. The summed E-state index contributed by atoms with van der Waals surface area (Å²) in [5.74, 6) is -2.43. The van der Waals surface area contributed by atoms with Crippen molar-refractivity contribution in [3.05, 3.63) is 89.5 Å². The Balaban J connectivity index is 1.04. The van der Waals surface area contributed by atoms with Crippen LogP contribution in [0.5, 0.6) is 0 Å². The third-order valence-electron chi connectivity index (χ3n) is 8.52. The van der Waals surface area contributed by atoms with Crippen LogP contribution in [0.25, 0.3) is 11.1 Å². The lowest BCUT2D eigenvalue weighted by atomic mass is 9.98. The van der Waals surface area contributed by atoms with E-state index < -0.39 is 41.9 Å². The zero-order valence-corrected chi connectivity index (χ0v) is 30.0. The molecule has 1 aliphatic rings. The third kappa shape index (κ3) is 12.5. The van der Waals surface area contributed by atoms with Crippen LogP contribution in [0.4, 0.5) is 10.5 Å². The number of nitrogens with one attached hydrogen (secondary N) is 4. The van der Waals surface area contributed by atoms with Crippen LogP contribution in [0.1, 0.15) is 68.6 Å². The van der Waals surface area contributed by atoms with Crippen LogP contribution in [-0.4, -0.2) is 74.1 Å². The van der Waals surface area contributed by atoms with Gasteiger partial charge in [-0.1, -0.05) is 60.7 Å². The molecule has 0 saturated carbocycles. The zero-order valence-electron chi connectivity index (χ0n) is 30.0. The number of unbranched alkanes of at least 4 members (excludes halogenated alkanes) is 1. The Hall–Kier alpha value is -5.76. The second kappa shape index (κ2) is 20.3. The first-order valence-corrected chi connectivity index (χ1v) is 17.7. The summed E-state index contributed by atoms with van der Waals surface area (Å²) in [6, 6.07) is 21.0. The van der Waals surface area contributed by atoms with Crippen molar-refractivity contribution in [3.8, 4) is 11.1 Å². The van der Waals surface area contributed by atoms with Crippen molar-refractivity contribution in [2.45, 2.75) is 70.6 Å². The fraction of sp³-hybridized carbons (Fsp3) is 0.385. The maximum absolute atomic E-state index is 12.5. The molecule has 0 aliphatic heterocycles. The molecule has 3 aromatic rings. The van der Waals surface area contributed by atoms with Gasteiger partial charge in [-0.05, 0) is 73.1 Å². The molecule has 2 atom stereocenters. The van der Waals surface area contributed by atoms with E-state index in [0.29, 0.717) is 30.6 Å². The molecule has 0 bridgehead atoms. The van der Waals surface area contributed by atoms with E-state index in [2.05, 4.69) is 45.5 Å². The molecule has 0 spiro atoms. The molecule has 53 heavy (non-hydrogen) atoms. The summed E-state index contributed by atoms with van der Waals surface area (Å²) < 4.78 is 15.5. The molecule has 3 aromatic carbocycles. The largest absolute Gasteiger partial charge is 0.465 e. The molecule has 0 radical (unpaired) electrons. The summed E-state index contributed by atoms with van der Waals surface area (Å²) >= 11 is 0. The highest BCUT2D eigenvalue weighted by atomic mass is 16.5. The number of rotatable bonds is 19. The highest BCUT2D eigenvalue weighted by Crippen LogP contribution is 2.44. The minimum absolute atomic E-state index is 0.000441. The number of anilines is 1. The van der Waals surface area contributed by atoms with Gasteiger partial charge in [0.2, 0.25) is 17.7 Å². The van der Waals surface area contributed by atoms with Gasteiger partial charge in [-0.2, -0.15) is 0 Å². The third-order valence-corrected chi connectivity index (χ3v) is 8.52. The summed E-state index contributed by atoms with van der Waals surface area (Å²) in [5.41, 5.74) is 11.4. The van der Waals surface area contributed by atoms with Crippen molar-refractivity contribution in [1.82, 2.24) is 16.0 Å². The van der Waals surface area contributed by atoms with Crippen molar-refractivity contribution in [2.75, 3.05) is 31.6 Å². The lowest BCUT2D eigenvalue weighted by Gasteiger charge is -2.15. The fourth-order valence-electron chi connectivity index (χ4n) is 5.72. The van der Waals surface area contributed by atoms with Gasteiger partial charge in [0, 0.05) is 31.0 Å². The molecule has 14 heteroatoms. The van der Waals surface area contributed by atoms with Crippen molar-refractivity contribution in [2.24, 2.45) is 5.73 Å². The molecular weight excluding hydrogens is 682 g/mol. The first kappa shape index (κ1) is 40.0. The van der Waals surface area contributed by atoms with E-state index in [1.165, 1.54) is 6.92 Å². The van der Waals surface area contributed by atoms with Crippen LogP contribution in [-0.2, 0) is 44.8 Å². The summed E-state index contributed by atoms with van der Waals surface area (Å²) in [6.07, 6.45) is 0.735. The van der Waals surface area contributed by atoms with Gasteiger partial charge in [-0.3, -0.25) is 24.0 Å². The number of nitrogens with two attached hydrogens (primary N) is 1. The van der Waals surface area contributed by atoms with Crippen LogP contribution in [0.15, 0.2) is 72.8 Å². The summed E-state index contributed by atoms with van der Waals surface area (Å²) in [6.45, 7) is 3.64. The monoisotopic (exact) mass is 729 g/mol. The van der Waals surface area contributed by atoms with Gasteiger partial charge in [0.05, 0.1) is 13.2 Å². The highest BCUT2D eigenvalue weighted by Gasteiger charge is 2.29. The second-order valence-electron chi connectivity index (χ2n) is 12.5. The molecule has 6 N–H and O–H groups in total. The molecule has 4 amide bonds. The number of hydrogen-bond donors (Lipinski definition) is 5. The van der Waals surface area contributed by atoms with Gasteiger partial charge in [0.25, 0.3) is 0 Å². The number of amides is 4. The Morgan fingerprint density at radius 3 is 2.09 bits per heavy atom. The quantitative estimate of drug-likeness (QED) is 0.0688. The lowest BCUT2D eigenvalue weighted by Crippen LogP contribution is -2.46. The molecule has 0 aromatic heterocycles. The molecule has 14 nitrogen and oxygen atoms in total. The Bertz CT molecular complexity index is 1700. The van der Waals surface area contributed by atoms with Gasteiger partial charge >= 0.3 is 18.0 Å². The van der Waals surface area contributed by atoms with Crippen molar-refractivity contribution >= 4 is 41.4 Å². The first-order valence-electron chi connectivity index (χ1n) is 17.7. The normalized spacial score (nSPS) is 12.7. The van der Waals surface area contributed by atoms with E-state index in [4.69, 9.17) is 19.9 Å². The van der Waals surface area contributed by atoms with E-state index in [9.17, 15) is 28.8 Å². The lowest BCUT2D eigenvalue weighted by molar-refractivity contribution is -0.147. The molecule has 0 fully saturated rings.